The van der Waals surface area contributed by atoms with Gasteiger partial charge in [0.2, 0.25) is 0 Å². The number of amides is 1. The Hall–Kier alpha value is -2.08. The van der Waals surface area contributed by atoms with Gasteiger partial charge in [-0.05, 0) is 31.2 Å². The van der Waals surface area contributed by atoms with Crippen LogP contribution in [-0.2, 0) is 0 Å². The van der Waals surface area contributed by atoms with Crippen molar-refractivity contribution in [2.75, 3.05) is 20.1 Å². The number of nitrogens with one attached hydrogen (secondary N) is 1. The van der Waals surface area contributed by atoms with Crippen LogP contribution in [0.5, 0.6) is 5.75 Å². The molecule has 0 spiro atoms. The molecule has 2 rings (SSSR count). The molecule has 0 radical (unpaired) electrons. The van der Waals surface area contributed by atoms with Gasteiger partial charge in [-0.2, -0.15) is 0 Å². The number of aliphatic hydroxyl groups is 1. The van der Waals surface area contributed by atoms with Crippen LogP contribution >= 0.6 is 0 Å². The quantitative estimate of drug-likeness (QED) is 0.822. The van der Waals surface area contributed by atoms with Crippen LogP contribution in [-0.4, -0.2) is 48.3 Å². The minimum Gasteiger partial charge on any atom is -0.442 e. The first-order valence-electron chi connectivity index (χ1n) is 6.78. The summed E-state index contributed by atoms with van der Waals surface area (Å²) in [5, 5.41) is 12.3. The van der Waals surface area contributed by atoms with Crippen LogP contribution < -0.4 is 10.1 Å². The summed E-state index contributed by atoms with van der Waals surface area (Å²) in [7, 11) is 1.73. The molecular weight excluding hydrogens is 275 g/mol. The van der Waals surface area contributed by atoms with E-state index in [0.29, 0.717) is 17.2 Å². The molecule has 1 saturated heterocycles. The van der Waals surface area contributed by atoms with E-state index in [1.165, 1.54) is 4.90 Å². The SMILES string of the molecule is C/C=C(\NC)Oc1cccc(C(=O)N2CC(O)C(F)C2)c1. The van der Waals surface area contributed by atoms with E-state index in [-0.39, 0.29) is 19.0 Å². The zero-order chi connectivity index (χ0) is 15.4. The van der Waals surface area contributed by atoms with Crippen LogP contribution in [0.15, 0.2) is 36.2 Å². The van der Waals surface area contributed by atoms with Gasteiger partial charge in [0.15, 0.2) is 5.88 Å². The maximum absolute atomic E-state index is 13.3. The number of alkyl halides is 1. The van der Waals surface area contributed by atoms with Gasteiger partial charge in [-0.25, -0.2) is 4.39 Å². The molecule has 2 unspecified atom stereocenters. The van der Waals surface area contributed by atoms with Gasteiger partial charge >= 0.3 is 0 Å². The highest BCUT2D eigenvalue weighted by Crippen LogP contribution is 2.20. The number of nitrogens with zero attached hydrogens (tertiary/aromatic N) is 1. The lowest BCUT2D eigenvalue weighted by molar-refractivity contribution is 0.0764. The third-order valence-electron chi connectivity index (χ3n) is 3.32. The van der Waals surface area contributed by atoms with Crippen molar-refractivity contribution in [3.63, 3.8) is 0 Å². The Morgan fingerprint density at radius 2 is 2.29 bits per heavy atom. The maximum Gasteiger partial charge on any atom is 0.254 e. The van der Waals surface area contributed by atoms with Crippen LogP contribution in [0.4, 0.5) is 4.39 Å². The fourth-order valence-electron chi connectivity index (χ4n) is 2.17. The lowest BCUT2D eigenvalue weighted by Crippen LogP contribution is -2.29. The Balaban J connectivity index is 2.12. The second-order valence-electron chi connectivity index (χ2n) is 4.83. The van der Waals surface area contributed by atoms with Crippen molar-refractivity contribution in [1.29, 1.82) is 0 Å². The normalized spacial score (nSPS) is 22.3. The molecular formula is C15H19FN2O3. The summed E-state index contributed by atoms with van der Waals surface area (Å²) < 4.78 is 18.9. The van der Waals surface area contributed by atoms with E-state index in [4.69, 9.17) is 4.74 Å². The standard InChI is InChI=1S/C15H19FN2O3/c1-3-14(17-2)21-11-6-4-5-10(7-11)15(20)18-8-12(16)13(19)9-18/h3-7,12-13,17,19H,8-9H2,1-2H3/b14-3+. The molecule has 2 N–H and O–H groups in total. The van der Waals surface area contributed by atoms with Crippen molar-refractivity contribution in [1.82, 2.24) is 10.2 Å². The molecule has 0 aliphatic carbocycles. The predicted molar refractivity (Wildman–Crippen MR) is 76.7 cm³/mol. The Kier molecular flexibility index (Phi) is 4.80. The van der Waals surface area contributed by atoms with Gasteiger partial charge in [-0.1, -0.05) is 6.07 Å². The van der Waals surface area contributed by atoms with Crippen molar-refractivity contribution in [2.24, 2.45) is 0 Å². The summed E-state index contributed by atoms with van der Waals surface area (Å²) in [5.41, 5.74) is 0.403. The summed E-state index contributed by atoms with van der Waals surface area (Å²) in [6.07, 6.45) is -0.724. The van der Waals surface area contributed by atoms with Crippen molar-refractivity contribution in [2.45, 2.75) is 19.2 Å². The molecule has 1 aliphatic heterocycles. The Bertz CT molecular complexity index is 537. The Morgan fingerprint density at radius 3 is 2.86 bits per heavy atom. The maximum atomic E-state index is 13.3. The minimum atomic E-state index is -1.38. The average molecular weight is 294 g/mol. The molecule has 2 atom stereocenters. The zero-order valence-electron chi connectivity index (χ0n) is 12.0. The highest BCUT2D eigenvalue weighted by Gasteiger charge is 2.34. The molecule has 1 fully saturated rings. The fraction of sp³-hybridized carbons (Fsp3) is 0.400. The van der Waals surface area contributed by atoms with E-state index >= 15 is 0 Å². The topological polar surface area (TPSA) is 61.8 Å². The fourth-order valence-corrected chi connectivity index (χ4v) is 2.17. The molecule has 21 heavy (non-hydrogen) atoms. The second-order valence-corrected chi connectivity index (χ2v) is 4.83. The number of rotatable bonds is 4. The van der Waals surface area contributed by atoms with Gasteiger partial charge in [-0.3, -0.25) is 4.79 Å². The average Bonchev–Trinajstić information content (AvgIpc) is 2.84. The molecule has 1 amide bonds. The number of likely N-dealkylation sites (tertiary alicyclic amines) is 1. The Labute approximate surface area is 123 Å². The van der Waals surface area contributed by atoms with E-state index in [1.54, 1.807) is 37.4 Å². The largest absolute Gasteiger partial charge is 0.442 e. The van der Waals surface area contributed by atoms with Crippen LogP contribution in [0.25, 0.3) is 0 Å². The summed E-state index contributed by atoms with van der Waals surface area (Å²) >= 11 is 0. The number of carbonyl (C=O) groups excluding carboxylic acids is 1. The first kappa shape index (κ1) is 15.3. The number of hydrogen-bond acceptors (Lipinski definition) is 4. The van der Waals surface area contributed by atoms with E-state index < -0.39 is 12.3 Å². The number of aliphatic hydroxyl groups excluding tert-OH is 1. The zero-order valence-corrected chi connectivity index (χ0v) is 12.0. The van der Waals surface area contributed by atoms with E-state index in [0.717, 1.165) is 0 Å². The van der Waals surface area contributed by atoms with Crippen molar-refractivity contribution >= 4 is 5.91 Å². The minimum absolute atomic E-state index is 0.0156. The molecule has 6 heteroatoms. The van der Waals surface area contributed by atoms with Gasteiger partial charge < -0.3 is 20.1 Å². The monoisotopic (exact) mass is 294 g/mol. The van der Waals surface area contributed by atoms with Crippen molar-refractivity contribution in [3.05, 3.63) is 41.8 Å². The van der Waals surface area contributed by atoms with Crippen LogP contribution in [0, 0.1) is 0 Å². The van der Waals surface area contributed by atoms with Crippen LogP contribution in [0.1, 0.15) is 17.3 Å². The number of β-amino-alcohol motifs (C(OH)–C–C–N with tert-alkyl or cyclic N) is 1. The molecule has 0 aromatic heterocycles. The van der Waals surface area contributed by atoms with E-state index in [1.807, 2.05) is 6.92 Å². The van der Waals surface area contributed by atoms with Crippen molar-refractivity contribution < 1.29 is 19.0 Å². The third-order valence-corrected chi connectivity index (χ3v) is 3.32. The van der Waals surface area contributed by atoms with Crippen molar-refractivity contribution in [3.8, 4) is 5.75 Å². The molecule has 5 nitrogen and oxygen atoms in total. The predicted octanol–water partition coefficient (Wildman–Crippen LogP) is 1.30. The van der Waals surface area contributed by atoms with Gasteiger partial charge in [0, 0.05) is 19.2 Å². The summed E-state index contributed by atoms with van der Waals surface area (Å²) in [4.78, 5) is 13.6. The summed E-state index contributed by atoms with van der Waals surface area (Å²) in [6.45, 7) is 1.76. The number of halogens is 1. The van der Waals surface area contributed by atoms with Gasteiger partial charge in [0.05, 0.1) is 6.54 Å². The van der Waals surface area contributed by atoms with E-state index in [9.17, 15) is 14.3 Å². The number of carbonyl (C=O) groups is 1. The molecule has 0 saturated carbocycles. The first-order chi connectivity index (χ1) is 10.0. The van der Waals surface area contributed by atoms with Gasteiger partial charge in [-0.15, -0.1) is 0 Å². The number of ether oxygens (including phenoxy) is 1. The molecule has 1 aromatic rings. The lowest BCUT2D eigenvalue weighted by atomic mass is 10.2. The molecule has 114 valence electrons. The Morgan fingerprint density at radius 1 is 1.52 bits per heavy atom. The molecule has 1 aliphatic rings. The lowest BCUT2D eigenvalue weighted by Gasteiger charge is -2.16. The van der Waals surface area contributed by atoms with E-state index in [2.05, 4.69) is 5.32 Å². The molecule has 1 heterocycles. The summed E-state index contributed by atoms with van der Waals surface area (Å²) in [5.74, 6) is 0.769. The van der Waals surface area contributed by atoms with Crippen LogP contribution in [0.3, 0.4) is 0 Å². The molecule has 0 bridgehead atoms. The second kappa shape index (κ2) is 6.58. The summed E-state index contributed by atoms with van der Waals surface area (Å²) in [6, 6.07) is 6.67. The highest BCUT2D eigenvalue weighted by molar-refractivity contribution is 5.94. The third kappa shape index (κ3) is 3.52. The number of allylic oxidation sites excluding steroid dienone is 1. The van der Waals surface area contributed by atoms with Gasteiger partial charge in [0.25, 0.3) is 5.91 Å². The number of hydrogen-bond donors (Lipinski definition) is 2. The number of benzene rings is 1. The smallest absolute Gasteiger partial charge is 0.254 e. The van der Waals surface area contributed by atoms with Crippen LogP contribution in [0.2, 0.25) is 0 Å². The highest BCUT2D eigenvalue weighted by atomic mass is 19.1. The molecule has 1 aromatic carbocycles. The first-order valence-corrected chi connectivity index (χ1v) is 6.78. The van der Waals surface area contributed by atoms with Gasteiger partial charge in [0.1, 0.15) is 18.0 Å².